The number of nitrogens with zero attached hydrogens (tertiary/aromatic N) is 2. The minimum absolute atomic E-state index is 0.638. The Kier molecular flexibility index (Phi) is 28.6. The molecule has 0 aliphatic rings. The highest BCUT2D eigenvalue weighted by Gasteiger charge is 2.11. The maximum atomic E-state index is 2.45. The van der Waals surface area contributed by atoms with Gasteiger partial charge in [-0.3, -0.25) is 0 Å². The zero-order valence-corrected chi connectivity index (χ0v) is 28.8. The molecule has 41 heavy (non-hydrogen) atoms. The molecule has 2 nitrogen and oxygen atoms in total. The zero-order chi connectivity index (χ0) is 29.5. The van der Waals surface area contributed by atoms with Gasteiger partial charge in [-0.2, -0.15) is 0 Å². The van der Waals surface area contributed by atoms with Crippen LogP contribution in [0.25, 0.3) is 0 Å². The van der Waals surface area contributed by atoms with Gasteiger partial charge in [0.15, 0.2) is 0 Å². The van der Waals surface area contributed by atoms with E-state index in [9.17, 15) is 0 Å². The first-order valence-corrected chi connectivity index (χ1v) is 19.3. The van der Waals surface area contributed by atoms with Crippen molar-refractivity contribution in [2.75, 3.05) is 0 Å². The Morgan fingerprint density at radius 1 is 0.439 bits per heavy atom. The van der Waals surface area contributed by atoms with Crippen LogP contribution in [-0.4, -0.2) is 4.57 Å². The summed E-state index contributed by atoms with van der Waals surface area (Å²) in [4.78, 5) is 0. The Balaban J connectivity index is 1.85. The van der Waals surface area contributed by atoms with Crippen LogP contribution in [0, 0.1) is 0 Å². The molecule has 1 aromatic rings. The van der Waals surface area contributed by atoms with Gasteiger partial charge in [-0.15, -0.1) is 0 Å². The van der Waals surface area contributed by atoms with Gasteiger partial charge in [0, 0.05) is 0 Å². The Morgan fingerprint density at radius 3 is 1.12 bits per heavy atom. The van der Waals surface area contributed by atoms with Crippen molar-refractivity contribution in [1.82, 2.24) is 4.57 Å². The molecule has 1 heterocycles. The molecule has 0 N–H and O–H groups in total. The number of imidazole rings is 1. The monoisotopic (exact) mass is 574 g/mol. The van der Waals surface area contributed by atoms with Crippen LogP contribution in [0.15, 0.2) is 18.7 Å². The van der Waals surface area contributed by atoms with Crippen molar-refractivity contribution >= 4 is 0 Å². The Bertz CT molecular complexity index is 621. The van der Waals surface area contributed by atoms with Crippen LogP contribution in [0.2, 0.25) is 0 Å². The van der Waals surface area contributed by atoms with Crippen molar-refractivity contribution in [2.45, 2.75) is 232 Å². The second kappa shape index (κ2) is 30.7. The summed E-state index contributed by atoms with van der Waals surface area (Å²) >= 11 is 0. The van der Waals surface area contributed by atoms with E-state index in [2.05, 4.69) is 48.6 Å². The van der Waals surface area contributed by atoms with Crippen molar-refractivity contribution in [3.63, 3.8) is 0 Å². The molecule has 1 unspecified atom stereocenters. The normalized spacial score (nSPS) is 12.4. The minimum Gasteiger partial charge on any atom is -0.237 e. The van der Waals surface area contributed by atoms with E-state index in [4.69, 9.17) is 0 Å². The highest BCUT2D eigenvalue weighted by molar-refractivity contribution is 4.72. The lowest BCUT2D eigenvalue weighted by molar-refractivity contribution is -0.697. The average molecular weight is 574 g/mol. The third-order valence-electron chi connectivity index (χ3n) is 9.47. The van der Waals surface area contributed by atoms with Crippen molar-refractivity contribution in [2.24, 2.45) is 0 Å². The molecule has 2 heteroatoms. The van der Waals surface area contributed by atoms with Gasteiger partial charge < -0.3 is 0 Å². The third kappa shape index (κ3) is 25.4. The topological polar surface area (TPSA) is 8.81 Å². The molecule has 0 saturated heterocycles. The number of aryl methyl sites for hydroxylation is 1. The summed E-state index contributed by atoms with van der Waals surface area (Å²) in [6.45, 7) is 8.21. The third-order valence-corrected chi connectivity index (χ3v) is 9.47. The molecule has 1 aromatic heterocycles. The average Bonchev–Trinajstić information content (AvgIpc) is 3.46. The van der Waals surface area contributed by atoms with E-state index in [1.54, 1.807) is 0 Å². The van der Waals surface area contributed by atoms with Crippen LogP contribution in [-0.2, 0) is 6.54 Å². The molecular weight excluding hydrogens is 496 g/mol. The summed E-state index contributed by atoms with van der Waals surface area (Å²) in [6.07, 6.45) is 51.6. The molecule has 0 spiro atoms. The largest absolute Gasteiger partial charge is 0.243 e. The molecule has 0 amide bonds. The summed E-state index contributed by atoms with van der Waals surface area (Å²) in [6, 6.07) is 0.638. The van der Waals surface area contributed by atoms with Gasteiger partial charge in [-0.05, 0) is 32.6 Å². The molecule has 0 aromatic carbocycles. The lowest BCUT2D eigenvalue weighted by Crippen LogP contribution is -2.31. The molecule has 1 rings (SSSR count). The highest BCUT2D eigenvalue weighted by Crippen LogP contribution is 2.18. The first-order valence-electron chi connectivity index (χ1n) is 19.3. The van der Waals surface area contributed by atoms with E-state index in [1.807, 2.05) is 0 Å². The standard InChI is InChI=1S/C39H77N2/c1-4-6-8-10-12-14-16-18-20-22-24-26-28-30-32-34-39(3)41-37-36-40(38-41)35-33-31-29-27-25-23-21-19-17-15-13-11-9-7-5-2/h36-39H,4-35H2,1-3H3/q+1. The lowest BCUT2D eigenvalue weighted by Gasteiger charge is -2.08. The quantitative estimate of drug-likeness (QED) is 0.0584. The van der Waals surface area contributed by atoms with Crippen molar-refractivity contribution in [1.29, 1.82) is 0 Å². The molecule has 242 valence electrons. The predicted molar refractivity (Wildman–Crippen MR) is 184 cm³/mol. The van der Waals surface area contributed by atoms with Crippen LogP contribution in [0.5, 0.6) is 0 Å². The van der Waals surface area contributed by atoms with Gasteiger partial charge in [0.25, 0.3) is 0 Å². The summed E-state index contributed by atoms with van der Waals surface area (Å²) in [7, 11) is 0. The predicted octanol–water partition coefficient (Wildman–Crippen LogP) is 13.5. The first-order chi connectivity index (χ1) is 20.3. The summed E-state index contributed by atoms with van der Waals surface area (Å²) in [5.74, 6) is 0. The smallest absolute Gasteiger partial charge is 0.237 e. The van der Waals surface area contributed by atoms with E-state index >= 15 is 0 Å². The van der Waals surface area contributed by atoms with Gasteiger partial charge in [0.05, 0.1) is 12.6 Å². The van der Waals surface area contributed by atoms with E-state index in [0.29, 0.717) is 6.04 Å². The van der Waals surface area contributed by atoms with Gasteiger partial charge >= 0.3 is 0 Å². The van der Waals surface area contributed by atoms with E-state index < -0.39 is 0 Å². The molecule has 0 fully saturated rings. The van der Waals surface area contributed by atoms with Crippen LogP contribution in [0.4, 0.5) is 0 Å². The second-order valence-corrected chi connectivity index (χ2v) is 13.6. The Morgan fingerprint density at radius 2 is 0.756 bits per heavy atom. The van der Waals surface area contributed by atoms with Crippen molar-refractivity contribution < 1.29 is 4.57 Å². The highest BCUT2D eigenvalue weighted by atomic mass is 15.1. The Hall–Kier alpha value is -0.790. The zero-order valence-electron chi connectivity index (χ0n) is 28.8. The van der Waals surface area contributed by atoms with Crippen LogP contribution in [0.3, 0.4) is 0 Å². The molecule has 0 bridgehead atoms. The van der Waals surface area contributed by atoms with Gasteiger partial charge in [-0.25, -0.2) is 9.13 Å². The summed E-state index contributed by atoms with van der Waals surface area (Å²) in [5, 5.41) is 0. The van der Waals surface area contributed by atoms with E-state index in [-0.39, 0.29) is 0 Å². The minimum atomic E-state index is 0.638. The number of hydrogen-bond acceptors (Lipinski definition) is 0. The number of hydrogen-bond donors (Lipinski definition) is 0. The lowest BCUT2D eigenvalue weighted by atomic mass is 10.0. The van der Waals surface area contributed by atoms with Gasteiger partial charge in [0.2, 0.25) is 6.33 Å². The van der Waals surface area contributed by atoms with E-state index in [1.165, 1.54) is 206 Å². The number of rotatable bonds is 33. The van der Waals surface area contributed by atoms with E-state index in [0.717, 1.165) is 0 Å². The SMILES string of the molecule is CCCCCCCCCCCCCCCCCC(C)n1cc[n+](CCCCCCCCCCCCCCCCC)c1. The van der Waals surface area contributed by atoms with Crippen LogP contribution in [0.1, 0.15) is 226 Å². The molecule has 0 aliphatic heterocycles. The summed E-state index contributed by atoms with van der Waals surface area (Å²) < 4.78 is 4.88. The maximum Gasteiger partial charge on any atom is 0.243 e. The van der Waals surface area contributed by atoms with Crippen LogP contribution >= 0.6 is 0 Å². The molecule has 0 aliphatic carbocycles. The summed E-state index contributed by atoms with van der Waals surface area (Å²) in [5.41, 5.74) is 0. The second-order valence-electron chi connectivity index (χ2n) is 13.6. The Labute approximate surface area is 259 Å². The van der Waals surface area contributed by atoms with Crippen molar-refractivity contribution in [3.05, 3.63) is 18.7 Å². The molecule has 0 radical (unpaired) electrons. The van der Waals surface area contributed by atoms with Gasteiger partial charge in [-0.1, -0.05) is 187 Å². The fraction of sp³-hybridized carbons (Fsp3) is 0.923. The number of unbranched alkanes of at least 4 members (excludes halogenated alkanes) is 28. The first kappa shape index (κ1) is 38.2. The fourth-order valence-electron chi connectivity index (χ4n) is 6.43. The van der Waals surface area contributed by atoms with Gasteiger partial charge in [0.1, 0.15) is 12.4 Å². The fourth-order valence-corrected chi connectivity index (χ4v) is 6.43. The molecule has 0 saturated carbocycles. The molecular formula is C39H77N2+. The molecule has 1 atom stereocenters. The van der Waals surface area contributed by atoms with Crippen LogP contribution < -0.4 is 4.57 Å². The van der Waals surface area contributed by atoms with Crippen molar-refractivity contribution in [3.8, 4) is 0 Å². The maximum absolute atomic E-state index is 2.45. The number of aromatic nitrogens is 2.